The summed E-state index contributed by atoms with van der Waals surface area (Å²) in [7, 11) is 0. The summed E-state index contributed by atoms with van der Waals surface area (Å²) < 4.78 is 5.24. The van der Waals surface area contributed by atoms with Gasteiger partial charge in [0, 0.05) is 26.9 Å². The summed E-state index contributed by atoms with van der Waals surface area (Å²) in [5, 5.41) is 7.81. The number of aromatic nitrogens is 2. The predicted molar refractivity (Wildman–Crippen MR) is 124 cm³/mol. The number of halogens is 1. The van der Waals surface area contributed by atoms with Gasteiger partial charge < -0.3 is 15.1 Å². The average molecular weight is 453 g/mol. The fraction of sp³-hybridized carbons (Fsp3) is 0.174. The number of carbonyl (C=O) groups excluding carboxylic acids is 1. The second-order valence-electron chi connectivity index (χ2n) is 7.18. The lowest BCUT2D eigenvalue weighted by Crippen LogP contribution is -2.17. The number of benzene rings is 1. The topological polar surface area (TPSA) is 80.0 Å². The van der Waals surface area contributed by atoms with Crippen LogP contribution in [0, 0.1) is 20.8 Å². The number of furan rings is 1. The highest BCUT2D eigenvalue weighted by Crippen LogP contribution is 2.37. The molecule has 3 heterocycles. The summed E-state index contributed by atoms with van der Waals surface area (Å²) in [6.45, 7) is 5.87. The zero-order valence-electron chi connectivity index (χ0n) is 17.3. The molecule has 3 aromatic heterocycles. The van der Waals surface area contributed by atoms with E-state index in [0.717, 1.165) is 32.4 Å². The Hall–Kier alpha value is -3.16. The van der Waals surface area contributed by atoms with E-state index >= 15 is 0 Å². The first-order valence-electron chi connectivity index (χ1n) is 9.68. The van der Waals surface area contributed by atoms with E-state index in [0.29, 0.717) is 11.0 Å². The van der Waals surface area contributed by atoms with Gasteiger partial charge in [0.15, 0.2) is 5.76 Å². The van der Waals surface area contributed by atoms with Crippen molar-refractivity contribution in [3.05, 3.63) is 93.0 Å². The summed E-state index contributed by atoms with van der Waals surface area (Å²) in [5.74, 6) is 0.473. The van der Waals surface area contributed by atoms with Crippen LogP contribution >= 0.6 is 22.9 Å². The van der Waals surface area contributed by atoms with Crippen LogP contribution in [0.3, 0.4) is 0 Å². The van der Waals surface area contributed by atoms with E-state index in [4.69, 9.17) is 16.0 Å². The number of amides is 1. The molecule has 8 heteroatoms. The summed E-state index contributed by atoms with van der Waals surface area (Å²) in [5.41, 5.74) is 3.63. The van der Waals surface area contributed by atoms with Gasteiger partial charge >= 0.3 is 0 Å². The van der Waals surface area contributed by atoms with Crippen LogP contribution in [0.15, 0.2) is 59.2 Å². The Morgan fingerprint density at radius 3 is 2.42 bits per heavy atom. The molecule has 1 unspecified atom stereocenters. The smallest absolute Gasteiger partial charge is 0.291 e. The molecule has 0 fully saturated rings. The highest BCUT2D eigenvalue weighted by Gasteiger charge is 2.23. The van der Waals surface area contributed by atoms with Gasteiger partial charge in [0.25, 0.3) is 5.91 Å². The fourth-order valence-electron chi connectivity index (χ4n) is 3.33. The van der Waals surface area contributed by atoms with Gasteiger partial charge in [0.1, 0.15) is 5.00 Å². The molecule has 4 rings (SSSR count). The van der Waals surface area contributed by atoms with E-state index in [1.165, 1.54) is 17.6 Å². The predicted octanol–water partition coefficient (Wildman–Crippen LogP) is 6.16. The monoisotopic (exact) mass is 452 g/mol. The van der Waals surface area contributed by atoms with Crippen molar-refractivity contribution in [3.8, 4) is 0 Å². The summed E-state index contributed by atoms with van der Waals surface area (Å²) in [6, 6.07) is 14.6. The number of hydrogen-bond acceptors (Lipinski definition) is 6. The molecule has 31 heavy (non-hydrogen) atoms. The van der Waals surface area contributed by atoms with E-state index in [1.54, 1.807) is 12.1 Å². The van der Waals surface area contributed by atoms with Gasteiger partial charge in [0.05, 0.1) is 12.3 Å². The van der Waals surface area contributed by atoms with Gasteiger partial charge in [-0.2, -0.15) is 0 Å². The van der Waals surface area contributed by atoms with Gasteiger partial charge in [-0.1, -0.05) is 23.7 Å². The van der Waals surface area contributed by atoms with Crippen molar-refractivity contribution in [1.82, 2.24) is 9.97 Å². The van der Waals surface area contributed by atoms with Gasteiger partial charge in [-0.05, 0) is 62.7 Å². The standard InChI is InChI=1S/C23H21ClN4O2S/c1-13-11-14(2)26-23(25-13)27-20(16-6-8-17(24)9-7-16)18-12-15(3)31-22(18)28-21(29)19-5-4-10-30-19/h4-12,20H,1-3H3,(H,28,29)(H,25,26,27). The quantitative estimate of drug-likeness (QED) is 0.366. The van der Waals surface area contributed by atoms with Crippen LogP contribution < -0.4 is 10.6 Å². The zero-order valence-corrected chi connectivity index (χ0v) is 18.8. The summed E-state index contributed by atoms with van der Waals surface area (Å²) in [4.78, 5) is 22.8. The Bertz CT molecular complexity index is 1180. The van der Waals surface area contributed by atoms with E-state index < -0.39 is 0 Å². The van der Waals surface area contributed by atoms with Crippen molar-refractivity contribution in [2.24, 2.45) is 0 Å². The number of anilines is 2. The first kappa shape index (κ1) is 21.1. The number of rotatable bonds is 6. The molecule has 1 atom stereocenters. The second-order valence-corrected chi connectivity index (χ2v) is 8.87. The minimum Gasteiger partial charge on any atom is -0.459 e. The number of carbonyl (C=O) groups is 1. The molecule has 0 saturated heterocycles. The Labute approximate surface area is 189 Å². The van der Waals surface area contributed by atoms with Crippen molar-refractivity contribution in [2.45, 2.75) is 26.8 Å². The lowest BCUT2D eigenvalue weighted by atomic mass is 10.00. The van der Waals surface area contributed by atoms with E-state index in [1.807, 2.05) is 51.1 Å². The number of aryl methyl sites for hydroxylation is 3. The molecule has 2 N–H and O–H groups in total. The highest BCUT2D eigenvalue weighted by molar-refractivity contribution is 7.16. The maximum Gasteiger partial charge on any atom is 0.291 e. The third-order valence-corrected chi connectivity index (χ3v) is 5.86. The van der Waals surface area contributed by atoms with Gasteiger partial charge in [-0.3, -0.25) is 4.79 Å². The lowest BCUT2D eigenvalue weighted by molar-refractivity contribution is 0.0997. The molecule has 1 amide bonds. The molecule has 4 aromatic rings. The molecule has 0 radical (unpaired) electrons. The van der Waals surface area contributed by atoms with Crippen LogP contribution in [0.5, 0.6) is 0 Å². The molecule has 0 aliphatic rings. The first-order chi connectivity index (χ1) is 14.9. The number of nitrogens with zero attached hydrogens (tertiary/aromatic N) is 2. The van der Waals surface area contributed by atoms with E-state index in [-0.39, 0.29) is 17.7 Å². The Morgan fingerprint density at radius 1 is 1.06 bits per heavy atom. The second kappa shape index (κ2) is 8.91. The van der Waals surface area contributed by atoms with E-state index in [2.05, 4.69) is 26.7 Å². The Balaban J connectivity index is 1.74. The van der Waals surface area contributed by atoms with Crippen molar-refractivity contribution < 1.29 is 9.21 Å². The van der Waals surface area contributed by atoms with Crippen LogP contribution in [-0.2, 0) is 0 Å². The van der Waals surface area contributed by atoms with Gasteiger partial charge in [-0.15, -0.1) is 11.3 Å². The molecule has 1 aromatic carbocycles. The Kier molecular flexibility index (Phi) is 6.06. The SMILES string of the molecule is Cc1cc(C)nc(NC(c2ccc(Cl)cc2)c2cc(C)sc2NC(=O)c2ccco2)n1. The van der Waals surface area contributed by atoms with Crippen molar-refractivity contribution in [3.63, 3.8) is 0 Å². The van der Waals surface area contributed by atoms with Crippen LogP contribution in [0.25, 0.3) is 0 Å². The maximum atomic E-state index is 12.6. The van der Waals surface area contributed by atoms with Crippen LogP contribution in [-0.4, -0.2) is 15.9 Å². The van der Waals surface area contributed by atoms with E-state index in [9.17, 15) is 4.79 Å². The average Bonchev–Trinajstić information content (AvgIpc) is 3.36. The van der Waals surface area contributed by atoms with Gasteiger partial charge in [-0.25, -0.2) is 9.97 Å². The Morgan fingerprint density at radius 2 is 1.77 bits per heavy atom. The fourth-order valence-corrected chi connectivity index (χ4v) is 4.41. The molecule has 0 aliphatic heterocycles. The first-order valence-corrected chi connectivity index (χ1v) is 10.9. The molecule has 6 nitrogen and oxygen atoms in total. The molecule has 0 saturated carbocycles. The lowest BCUT2D eigenvalue weighted by Gasteiger charge is -2.21. The minimum absolute atomic E-state index is 0.255. The molecular weight excluding hydrogens is 432 g/mol. The largest absolute Gasteiger partial charge is 0.459 e. The van der Waals surface area contributed by atoms with Crippen molar-refractivity contribution >= 4 is 39.8 Å². The minimum atomic E-state index is -0.300. The molecule has 0 bridgehead atoms. The number of thiophene rings is 1. The highest BCUT2D eigenvalue weighted by atomic mass is 35.5. The maximum absolute atomic E-state index is 12.6. The zero-order chi connectivity index (χ0) is 22.0. The van der Waals surface area contributed by atoms with Gasteiger partial charge in [0.2, 0.25) is 5.95 Å². The molecule has 0 spiro atoms. The summed E-state index contributed by atoms with van der Waals surface area (Å²) >= 11 is 7.62. The molecule has 0 aliphatic carbocycles. The van der Waals surface area contributed by atoms with Crippen molar-refractivity contribution in [1.29, 1.82) is 0 Å². The third-order valence-electron chi connectivity index (χ3n) is 4.63. The number of nitrogens with one attached hydrogen (secondary N) is 2. The number of hydrogen-bond donors (Lipinski definition) is 2. The van der Waals surface area contributed by atoms with Crippen LogP contribution in [0.2, 0.25) is 5.02 Å². The van der Waals surface area contributed by atoms with Crippen LogP contribution in [0.4, 0.5) is 10.9 Å². The molecule has 158 valence electrons. The third kappa shape index (κ3) is 4.95. The molecular formula is C23H21ClN4O2S. The summed E-state index contributed by atoms with van der Waals surface area (Å²) in [6.07, 6.45) is 1.48. The van der Waals surface area contributed by atoms with Crippen LogP contribution in [0.1, 0.15) is 44.0 Å². The van der Waals surface area contributed by atoms with Crippen molar-refractivity contribution in [2.75, 3.05) is 10.6 Å². The normalized spacial score (nSPS) is 11.9.